The average Bonchev–Trinajstić information content (AvgIpc) is 2.94. The lowest BCUT2D eigenvalue weighted by molar-refractivity contribution is -0.121. The number of aromatic nitrogens is 1. The molecule has 1 atom stereocenters. The Morgan fingerprint density at radius 1 is 1.28 bits per heavy atom. The van der Waals surface area contributed by atoms with Crippen LogP contribution in [-0.4, -0.2) is 24.0 Å². The van der Waals surface area contributed by atoms with Crippen LogP contribution < -0.4 is 10.6 Å². The quantitative estimate of drug-likeness (QED) is 0.789. The molecule has 25 heavy (non-hydrogen) atoms. The van der Waals surface area contributed by atoms with E-state index in [-0.39, 0.29) is 24.2 Å². The van der Waals surface area contributed by atoms with E-state index < -0.39 is 0 Å². The van der Waals surface area contributed by atoms with Gasteiger partial charge in [-0.3, -0.25) is 4.79 Å². The van der Waals surface area contributed by atoms with Gasteiger partial charge < -0.3 is 10.6 Å². The zero-order chi connectivity index (χ0) is 17.1. The van der Waals surface area contributed by atoms with Gasteiger partial charge in [0, 0.05) is 16.9 Å². The molecule has 1 aliphatic rings. The first-order chi connectivity index (χ1) is 11.5. The molecule has 0 aliphatic carbocycles. The fourth-order valence-corrected chi connectivity index (χ4v) is 3.57. The SMILES string of the molecule is CC(C)Cc1ccc(-c2csc(NC(=O)C(C)C3CNC3)n2)cc1.Cl. The Kier molecular flexibility index (Phi) is 6.99. The van der Waals surface area contributed by atoms with Crippen LogP contribution in [0.15, 0.2) is 29.6 Å². The highest BCUT2D eigenvalue weighted by Crippen LogP contribution is 2.26. The lowest BCUT2D eigenvalue weighted by Gasteiger charge is -2.31. The maximum absolute atomic E-state index is 12.3. The third-order valence-electron chi connectivity index (χ3n) is 4.56. The van der Waals surface area contributed by atoms with Crippen molar-refractivity contribution in [2.45, 2.75) is 27.2 Å². The monoisotopic (exact) mass is 379 g/mol. The first-order valence-corrected chi connectivity index (χ1v) is 9.47. The minimum atomic E-state index is 0. The number of carbonyl (C=O) groups excluding carboxylic acids is 1. The van der Waals surface area contributed by atoms with E-state index in [0.29, 0.717) is 17.0 Å². The topological polar surface area (TPSA) is 54.0 Å². The lowest BCUT2D eigenvalue weighted by Crippen LogP contribution is -2.48. The molecule has 136 valence electrons. The molecule has 4 nitrogen and oxygen atoms in total. The molecule has 1 amide bonds. The van der Waals surface area contributed by atoms with E-state index in [0.717, 1.165) is 30.8 Å². The van der Waals surface area contributed by atoms with Crippen LogP contribution >= 0.6 is 23.7 Å². The Balaban J connectivity index is 0.00000225. The summed E-state index contributed by atoms with van der Waals surface area (Å²) < 4.78 is 0. The van der Waals surface area contributed by atoms with Crippen LogP contribution in [0, 0.1) is 17.8 Å². The molecule has 1 saturated heterocycles. The molecule has 1 aromatic carbocycles. The second-order valence-corrected chi connectivity index (χ2v) is 7.89. The van der Waals surface area contributed by atoms with Crippen molar-refractivity contribution in [3.8, 4) is 11.3 Å². The van der Waals surface area contributed by atoms with Gasteiger partial charge in [0.25, 0.3) is 0 Å². The van der Waals surface area contributed by atoms with E-state index >= 15 is 0 Å². The van der Waals surface area contributed by atoms with Crippen LogP contribution in [0.5, 0.6) is 0 Å². The number of benzene rings is 1. The summed E-state index contributed by atoms with van der Waals surface area (Å²) in [4.78, 5) is 16.8. The summed E-state index contributed by atoms with van der Waals surface area (Å²) in [7, 11) is 0. The molecule has 1 aliphatic heterocycles. The summed E-state index contributed by atoms with van der Waals surface area (Å²) in [5, 5.41) is 8.85. The van der Waals surface area contributed by atoms with Crippen LogP contribution in [0.1, 0.15) is 26.3 Å². The van der Waals surface area contributed by atoms with Crippen molar-refractivity contribution in [1.82, 2.24) is 10.3 Å². The largest absolute Gasteiger partial charge is 0.316 e. The molecule has 1 unspecified atom stereocenters. The smallest absolute Gasteiger partial charge is 0.229 e. The first kappa shape index (κ1) is 19.9. The van der Waals surface area contributed by atoms with Gasteiger partial charge in [-0.15, -0.1) is 23.7 Å². The van der Waals surface area contributed by atoms with E-state index in [1.54, 1.807) is 0 Å². The molecule has 2 N–H and O–H groups in total. The van der Waals surface area contributed by atoms with Gasteiger partial charge in [0.2, 0.25) is 5.91 Å². The highest BCUT2D eigenvalue weighted by molar-refractivity contribution is 7.14. The number of thiazole rings is 1. The zero-order valence-corrected chi connectivity index (χ0v) is 16.5. The zero-order valence-electron chi connectivity index (χ0n) is 14.9. The van der Waals surface area contributed by atoms with Crippen molar-refractivity contribution >= 4 is 34.8 Å². The van der Waals surface area contributed by atoms with Crippen molar-refractivity contribution in [2.75, 3.05) is 18.4 Å². The number of halogens is 1. The summed E-state index contributed by atoms with van der Waals surface area (Å²) in [6.07, 6.45) is 1.09. The van der Waals surface area contributed by atoms with Gasteiger partial charge in [-0.2, -0.15) is 0 Å². The number of hydrogen-bond donors (Lipinski definition) is 2. The predicted octanol–water partition coefficient (Wildman–Crippen LogP) is 4.22. The standard InChI is InChI=1S/C19H25N3OS.ClH/c1-12(2)8-14-4-6-15(7-5-14)17-11-24-19(21-17)22-18(23)13(3)16-9-20-10-16;/h4-7,11-13,16,20H,8-10H2,1-3H3,(H,21,22,23);1H. The number of amides is 1. The highest BCUT2D eigenvalue weighted by atomic mass is 35.5. The van der Waals surface area contributed by atoms with E-state index in [1.165, 1.54) is 16.9 Å². The molecular weight excluding hydrogens is 354 g/mol. The first-order valence-electron chi connectivity index (χ1n) is 8.59. The molecule has 0 spiro atoms. The van der Waals surface area contributed by atoms with Crippen LogP contribution in [0.25, 0.3) is 11.3 Å². The van der Waals surface area contributed by atoms with Gasteiger partial charge in [-0.1, -0.05) is 45.0 Å². The van der Waals surface area contributed by atoms with Crippen molar-refractivity contribution in [3.63, 3.8) is 0 Å². The molecule has 0 bridgehead atoms. The normalized spacial score (nSPS) is 15.4. The number of carbonyl (C=O) groups is 1. The van der Waals surface area contributed by atoms with Gasteiger partial charge in [0.15, 0.2) is 5.13 Å². The minimum absolute atomic E-state index is 0. The third kappa shape index (κ3) is 5.03. The number of rotatable bonds is 6. The summed E-state index contributed by atoms with van der Waals surface area (Å²) in [5.41, 5.74) is 3.36. The van der Waals surface area contributed by atoms with Gasteiger partial charge in [-0.05, 0) is 36.9 Å². The average molecular weight is 380 g/mol. The predicted molar refractivity (Wildman–Crippen MR) is 107 cm³/mol. The molecule has 6 heteroatoms. The Hall–Kier alpha value is -1.43. The van der Waals surface area contributed by atoms with E-state index in [1.807, 2.05) is 12.3 Å². The Morgan fingerprint density at radius 3 is 2.52 bits per heavy atom. The van der Waals surface area contributed by atoms with Crippen molar-refractivity contribution < 1.29 is 4.79 Å². The highest BCUT2D eigenvalue weighted by Gasteiger charge is 2.29. The van der Waals surface area contributed by atoms with E-state index in [2.05, 4.69) is 53.7 Å². The summed E-state index contributed by atoms with van der Waals surface area (Å²) in [5.74, 6) is 1.19. The number of hydrogen-bond acceptors (Lipinski definition) is 4. The summed E-state index contributed by atoms with van der Waals surface area (Å²) in [6, 6.07) is 8.55. The minimum Gasteiger partial charge on any atom is -0.316 e. The van der Waals surface area contributed by atoms with Crippen molar-refractivity contribution in [2.24, 2.45) is 17.8 Å². The van der Waals surface area contributed by atoms with E-state index in [9.17, 15) is 4.79 Å². The molecule has 1 fully saturated rings. The van der Waals surface area contributed by atoms with E-state index in [4.69, 9.17) is 0 Å². The van der Waals surface area contributed by atoms with Crippen LogP contribution in [0.4, 0.5) is 5.13 Å². The third-order valence-corrected chi connectivity index (χ3v) is 5.32. The number of nitrogens with one attached hydrogen (secondary N) is 2. The molecule has 3 rings (SSSR count). The molecule has 1 aromatic heterocycles. The Morgan fingerprint density at radius 2 is 1.96 bits per heavy atom. The fourth-order valence-electron chi connectivity index (χ4n) is 2.84. The molecule has 0 saturated carbocycles. The van der Waals surface area contributed by atoms with Crippen LogP contribution in [0.3, 0.4) is 0 Å². The van der Waals surface area contributed by atoms with Crippen LogP contribution in [-0.2, 0) is 11.2 Å². The van der Waals surface area contributed by atoms with Gasteiger partial charge >= 0.3 is 0 Å². The second-order valence-electron chi connectivity index (χ2n) is 7.03. The second kappa shape index (κ2) is 8.79. The van der Waals surface area contributed by atoms with Gasteiger partial charge in [0.1, 0.15) is 0 Å². The van der Waals surface area contributed by atoms with Gasteiger partial charge in [-0.25, -0.2) is 4.98 Å². The maximum atomic E-state index is 12.3. The molecule has 2 aromatic rings. The Bertz CT molecular complexity index is 695. The molecule has 2 heterocycles. The van der Waals surface area contributed by atoms with Crippen LogP contribution in [0.2, 0.25) is 0 Å². The molecule has 0 radical (unpaired) electrons. The summed E-state index contributed by atoms with van der Waals surface area (Å²) in [6.45, 7) is 8.30. The Labute approximate surface area is 159 Å². The van der Waals surface area contributed by atoms with Crippen molar-refractivity contribution in [3.05, 3.63) is 35.2 Å². The fraction of sp³-hybridized carbons (Fsp3) is 0.474. The van der Waals surface area contributed by atoms with Gasteiger partial charge in [0.05, 0.1) is 5.69 Å². The summed E-state index contributed by atoms with van der Waals surface area (Å²) >= 11 is 1.48. The van der Waals surface area contributed by atoms with Crippen molar-refractivity contribution in [1.29, 1.82) is 0 Å². The maximum Gasteiger partial charge on any atom is 0.229 e. The number of nitrogens with zero attached hydrogens (tertiary/aromatic N) is 1. The lowest BCUT2D eigenvalue weighted by atomic mass is 9.88. The number of anilines is 1. The molecular formula is C19H26ClN3OS.